The van der Waals surface area contributed by atoms with Gasteiger partial charge in [0.1, 0.15) is 0 Å². The van der Waals surface area contributed by atoms with Crippen LogP contribution in [0, 0.1) is 0 Å². The van der Waals surface area contributed by atoms with Gasteiger partial charge in [0.05, 0.1) is 11.4 Å². The lowest BCUT2D eigenvalue weighted by Crippen LogP contribution is -2.27. The molecule has 4 nitrogen and oxygen atoms in total. The minimum atomic E-state index is -3.37. The third-order valence-electron chi connectivity index (χ3n) is 3.29. The average molecular weight is 304 g/mol. The van der Waals surface area contributed by atoms with Crippen molar-refractivity contribution in [2.24, 2.45) is 0 Å². The number of hydrogen-bond acceptors (Lipinski definition) is 3. The van der Waals surface area contributed by atoms with E-state index < -0.39 is 10.0 Å². The van der Waals surface area contributed by atoms with Gasteiger partial charge in [-0.3, -0.25) is 4.31 Å². The van der Waals surface area contributed by atoms with Gasteiger partial charge < -0.3 is 5.32 Å². The highest BCUT2D eigenvalue weighted by molar-refractivity contribution is 7.92. The standard InChI is InChI=1S/C16H20N2O2S/c1-17-12-14-8-10-15(11-9-14)13-21(19,20)18(2)16-6-4-3-5-7-16/h3-11,17H,12-13H2,1-2H3. The highest BCUT2D eigenvalue weighted by Gasteiger charge is 2.18. The first-order valence-corrected chi connectivity index (χ1v) is 8.38. The maximum atomic E-state index is 12.4. The second kappa shape index (κ2) is 6.74. The van der Waals surface area contributed by atoms with E-state index in [1.165, 1.54) is 4.31 Å². The minimum Gasteiger partial charge on any atom is -0.316 e. The van der Waals surface area contributed by atoms with E-state index >= 15 is 0 Å². The smallest absolute Gasteiger partial charge is 0.239 e. The normalized spacial score (nSPS) is 11.3. The summed E-state index contributed by atoms with van der Waals surface area (Å²) < 4.78 is 26.2. The van der Waals surface area contributed by atoms with E-state index in [1.54, 1.807) is 19.2 Å². The molecule has 2 rings (SSSR count). The molecule has 21 heavy (non-hydrogen) atoms. The summed E-state index contributed by atoms with van der Waals surface area (Å²) in [5.74, 6) is -0.00176. The predicted molar refractivity (Wildman–Crippen MR) is 86.7 cm³/mol. The van der Waals surface area contributed by atoms with Crippen LogP contribution >= 0.6 is 0 Å². The van der Waals surface area contributed by atoms with Crippen LogP contribution < -0.4 is 9.62 Å². The number of nitrogens with one attached hydrogen (secondary N) is 1. The molecule has 2 aromatic rings. The van der Waals surface area contributed by atoms with E-state index in [1.807, 2.05) is 49.5 Å². The molecule has 0 fully saturated rings. The summed E-state index contributed by atoms with van der Waals surface area (Å²) in [6.45, 7) is 0.775. The number of anilines is 1. The summed E-state index contributed by atoms with van der Waals surface area (Å²) in [4.78, 5) is 0. The first kappa shape index (κ1) is 15.5. The summed E-state index contributed by atoms with van der Waals surface area (Å²) in [6, 6.07) is 16.7. The minimum absolute atomic E-state index is 0.00176. The number of nitrogens with zero attached hydrogens (tertiary/aromatic N) is 1. The van der Waals surface area contributed by atoms with Crippen molar-refractivity contribution in [3.05, 3.63) is 65.7 Å². The van der Waals surface area contributed by atoms with E-state index in [0.29, 0.717) is 5.69 Å². The quantitative estimate of drug-likeness (QED) is 0.891. The Hall–Kier alpha value is -1.85. The molecule has 0 heterocycles. The molecule has 0 atom stereocenters. The fourth-order valence-corrected chi connectivity index (χ4v) is 3.31. The molecule has 0 aliphatic heterocycles. The van der Waals surface area contributed by atoms with Gasteiger partial charge in [0.25, 0.3) is 0 Å². The lowest BCUT2D eigenvalue weighted by atomic mass is 10.1. The molecular weight excluding hydrogens is 284 g/mol. The third kappa shape index (κ3) is 4.06. The zero-order valence-corrected chi connectivity index (χ0v) is 13.1. The van der Waals surface area contributed by atoms with Crippen LogP contribution in [0.2, 0.25) is 0 Å². The molecule has 0 saturated carbocycles. The fourth-order valence-electron chi connectivity index (χ4n) is 2.06. The highest BCUT2D eigenvalue weighted by Crippen LogP contribution is 2.18. The van der Waals surface area contributed by atoms with Crippen molar-refractivity contribution in [1.29, 1.82) is 0 Å². The Balaban J connectivity index is 2.13. The van der Waals surface area contributed by atoms with Crippen molar-refractivity contribution >= 4 is 15.7 Å². The maximum absolute atomic E-state index is 12.4. The van der Waals surface area contributed by atoms with Crippen LogP contribution in [0.1, 0.15) is 11.1 Å². The van der Waals surface area contributed by atoms with Crippen molar-refractivity contribution < 1.29 is 8.42 Å². The SMILES string of the molecule is CNCc1ccc(CS(=O)(=O)N(C)c2ccccc2)cc1. The Labute approximate surface area is 126 Å². The number of rotatable bonds is 6. The lowest BCUT2D eigenvalue weighted by molar-refractivity contribution is 0.593. The van der Waals surface area contributed by atoms with Crippen molar-refractivity contribution in [2.75, 3.05) is 18.4 Å². The molecule has 0 saturated heterocycles. The van der Waals surface area contributed by atoms with E-state index in [0.717, 1.165) is 17.7 Å². The molecule has 0 unspecified atom stereocenters. The van der Waals surface area contributed by atoms with E-state index in [2.05, 4.69) is 5.32 Å². The molecule has 1 N–H and O–H groups in total. The molecule has 0 aliphatic rings. The summed E-state index contributed by atoms with van der Waals surface area (Å²) in [7, 11) is 0.0917. The Morgan fingerprint density at radius 2 is 1.52 bits per heavy atom. The van der Waals surface area contributed by atoms with E-state index in [-0.39, 0.29) is 5.75 Å². The van der Waals surface area contributed by atoms with Gasteiger partial charge >= 0.3 is 0 Å². The Bertz CT molecular complexity index is 667. The number of sulfonamides is 1. The van der Waals surface area contributed by atoms with Crippen LogP contribution in [0.25, 0.3) is 0 Å². The van der Waals surface area contributed by atoms with Crippen LogP contribution in [0.15, 0.2) is 54.6 Å². The molecule has 0 radical (unpaired) electrons. The molecule has 0 spiro atoms. The Morgan fingerprint density at radius 3 is 2.10 bits per heavy atom. The molecule has 112 valence electrons. The summed E-state index contributed by atoms with van der Waals surface area (Å²) in [5.41, 5.74) is 2.59. The van der Waals surface area contributed by atoms with Gasteiger partial charge in [-0.15, -0.1) is 0 Å². The maximum Gasteiger partial charge on any atom is 0.239 e. The van der Waals surface area contributed by atoms with E-state index in [4.69, 9.17) is 0 Å². The molecule has 0 aromatic heterocycles. The zero-order valence-electron chi connectivity index (χ0n) is 12.3. The number of hydrogen-bond donors (Lipinski definition) is 1. The Morgan fingerprint density at radius 1 is 0.952 bits per heavy atom. The van der Waals surface area contributed by atoms with Gasteiger partial charge in [0, 0.05) is 13.6 Å². The van der Waals surface area contributed by atoms with Crippen molar-refractivity contribution in [1.82, 2.24) is 5.32 Å². The van der Waals surface area contributed by atoms with Crippen LogP contribution in [0.4, 0.5) is 5.69 Å². The molecular formula is C16H20N2O2S. The molecule has 0 bridgehead atoms. The Kier molecular flexibility index (Phi) is 4.98. The number of para-hydroxylation sites is 1. The van der Waals surface area contributed by atoms with Crippen molar-refractivity contribution in [3.8, 4) is 0 Å². The molecule has 0 amide bonds. The van der Waals surface area contributed by atoms with Crippen LogP contribution in [-0.2, 0) is 22.3 Å². The van der Waals surface area contributed by atoms with Crippen LogP contribution in [-0.4, -0.2) is 22.5 Å². The summed E-state index contributed by atoms with van der Waals surface area (Å²) in [5, 5.41) is 3.06. The summed E-state index contributed by atoms with van der Waals surface area (Å²) in [6.07, 6.45) is 0. The lowest BCUT2D eigenvalue weighted by Gasteiger charge is -2.19. The first-order chi connectivity index (χ1) is 10.0. The van der Waals surface area contributed by atoms with Crippen LogP contribution in [0.5, 0.6) is 0 Å². The van der Waals surface area contributed by atoms with Gasteiger partial charge in [0.15, 0.2) is 0 Å². The average Bonchev–Trinajstić information content (AvgIpc) is 2.49. The van der Waals surface area contributed by atoms with Gasteiger partial charge in [0.2, 0.25) is 10.0 Å². The van der Waals surface area contributed by atoms with E-state index in [9.17, 15) is 8.42 Å². The monoisotopic (exact) mass is 304 g/mol. The molecule has 2 aromatic carbocycles. The summed E-state index contributed by atoms with van der Waals surface area (Å²) >= 11 is 0. The fraction of sp³-hybridized carbons (Fsp3) is 0.250. The van der Waals surface area contributed by atoms with Crippen molar-refractivity contribution in [2.45, 2.75) is 12.3 Å². The second-order valence-corrected chi connectivity index (χ2v) is 6.91. The highest BCUT2D eigenvalue weighted by atomic mass is 32.2. The largest absolute Gasteiger partial charge is 0.316 e. The van der Waals surface area contributed by atoms with Crippen LogP contribution in [0.3, 0.4) is 0 Å². The topological polar surface area (TPSA) is 49.4 Å². The second-order valence-electron chi connectivity index (χ2n) is 4.91. The zero-order chi connectivity index (χ0) is 15.3. The van der Waals surface area contributed by atoms with Gasteiger partial charge in [-0.1, -0.05) is 42.5 Å². The van der Waals surface area contributed by atoms with Crippen molar-refractivity contribution in [3.63, 3.8) is 0 Å². The first-order valence-electron chi connectivity index (χ1n) is 6.77. The van der Waals surface area contributed by atoms with Gasteiger partial charge in [-0.2, -0.15) is 0 Å². The van der Waals surface area contributed by atoms with Gasteiger partial charge in [-0.05, 0) is 30.3 Å². The molecule has 5 heteroatoms. The molecule has 0 aliphatic carbocycles. The van der Waals surface area contributed by atoms with Gasteiger partial charge in [-0.25, -0.2) is 8.42 Å². The number of benzene rings is 2. The predicted octanol–water partition coefficient (Wildman–Crippen LogP) is 2.37. The third-order valence-corrected chi connectivity index (χ3v) is 5.03.